The van der Waals surface area contributed by atoms with Gasteiger partial charge in [0, 0.05) is 17.2 Å². The van der Waals surface area contributed by atoms with Crippen LogP contribution in [0.1, 0.15) is 5.56 Å². The Morgan fingerprint density at radius 2 is 1.75 bits per heavy atom. The molecule has 28 heavy (non-hydrogen) atoms. The summed E-state index contributed by atoms with van der Waals surface area (Å²) in [5, 5.41) is 1.09. The molecule has 0 aliphatic rings. The number of aliphatic imine (C=N–C) groups is 1. The van der Waals surface area contributed by atoms with Crippen LogP contribution in [0.4, 0.5) is 5.69 Å². The van der Waals surface area contributed by atoms with Gasteiger partial charge in [0.2, 0.25) is 0 Å². The first-order valence-electron chi connectivity index (χ1n) is 8.82. The second kappa shape index (κ2) is 7.80. The van der Waals surface area contributed by atoms with Gasteiger partial charge >= 0.3 is 0 Å². The van der Waals surface area contributed by atoms with Crippen LogP contribution in [0.3, 0.4) is 0 Å². The predicted molar refractivity (Wildman–Crippen MR) is 110 cm³/mol. The Balaban J connectivity index is 1.44. The summed E-state index contributed by atoms with van der Waals surface area (Å²) in [5.41, 5.74) is 8.71. The molecule has 138 valence electrons. The van der Waals surface area contributed by atoms with Crippen molar-refractivity contribution in [2.75, 3.05) is 6.61 Å². The van der Waals surface area contributed by atoms with Gasteiger partial charge < -0.3 is 14.9 Å². The number of carbonyl (C=O) groups excluding carboxylic acids is 1. The number of para-hydroxylation sites is 1. The number of benzene rings is 3. The lowest BCUT2D eigenvalue weighted by Crippen LogP contribution is -2.19. The minimum atomic E-state index is -0.503. The SMILES string of the molecule is NC(=O)COc1ccc(C=Nc2ccc(-c3cc4ccccc4o3)cc2)cc1. The molecule has 0 radical (unpaired) electrons. The molecule has 0 bridgehead atoms. The van der Waals surface area contributed by atoms with Crippen molar-refractivity contribution in [3.8, 4) is 17.1 Å². The van der Waals surface area contributed by atoms with Gasteiger partial charge in [0.05, 0.1) is 5.69 Å². The lowest BCUT2D eigenvalue weighted by molar-refractivity contribution is -0.119. The fraction of sp³-hybridized carbons (Fsp3) is 0.0435. The minimum Gasteiger partial charge on any atom is -0.484 e. The van der Waals surface area contributed by atoms with Crippen LogP contribution in [-0.4, -0.2) is 18.7 Å². The second-order valence-electron chi connectivity index (χ2n) is 6.28. The van der Waals surface area contributed by atoms with Gasteiger partial charge in [0.25, 0.3) is 5.91 Å². The zero-order valence-electron chi connectivity index (χ0n) is 15.0. The number of nitrogens with zero attached hydrogens (tertiary/aromatic N) is 1. The number of hydrogen-bond acceptors (Lipinski definition) is 4. The highest BCUT2D eigenvalue weighted by atomic mass is 16.5. The number of fused-ring (bicyclic) bond motifs is 1. The van der Waals surface area contributed by atoms with E-state index in [2.05, 4.69) is 4.99 Å². The Labute approximate surface area is 162 Å². The monoisotopic (exact) mass is 370 g/mol. The Kier molecular flexibility index (Phi) is 4.89. The summed E-state index contributed by atoms with van der Waals surface area (Å²) in [4.78, 5) is 15.2. The van der Waals surface area contributed by atoms with Gasteiger partial charge in [-0.15, -0.1) is 0 Å². The number of amides is 1. The molecule has 1 heterocycles. The first-order valence-corrected chi connectivity index (χ1v) is 8.82. The molecule has 3 aromatic carbocycles. The van der Waals surface area contributed by atoms with E-state index in [0.29, 0.717) is 5.75 Å². The molecule has 0 saturated heterocycles. The fourth-order valence-corrected chi connectivity index (χ4v) is 2.79. The quantitative estimate of drug-likeness (QED) is 0.499. The number of primary amides is 1. The highest BCUT2D eigenvalue weighted by Crippen LogP contribution is 2.28. The summed E-state index contributed by atoms with van der Waals surface area (Å²) in [7, 11) is 0. The maximum absolute atomic E-state index is 10.7. The van der Waals surface area contributed by atoms with Gasteiger partial charge in [-0.1, -0.05) is 18.2 Å². The van der Waals surface area contributed by atoms with Crippen LogP contribution in [0.5, 0.6) is 5.75 Å². The number of hydrogen-bond donors (Lipinski definition) is 1. The Bertz CT molecular complexity index is 1090. The standard InChI is InChI=1S/C23H18N2O3/c24-23(26)15-27-20-11-5-16(6-12-20)14-25-19-9-7-17(8-10-19)22-13-18-3-1-2-4-21(18)28-22/h1-14H,15H2,(H2,24,26). The van der Waals surface area contributed by atoms with Crippen LogP contribution in [0.15, 0.2) is 88.3 Å². The molecular weight excluding hydrogens is 352 g/mol. The molecule has 0 spiro atoms. The molecule has 0 fully saturated rings. The zero-order chi connectivity index (χ0) is 19.3. The highest BCUT2D eigenvalue weighted by Gasteiger charge is 2.05. The van der Waals surface area contributed by atoms with Crippen molar-refractivity contribution in [3.05, 3.63) is 84.4 Å². The van der Waals surface area contributed by atoms with Gasteiger partial charge in [0.1, 0.15) is 17.1 Å². The van der Waals surface area contributed by atoms with Gasteiger partial charge in [-0.25, -0.2) is 0 Å². The van der Waals surface area contributed by atoms with E-state index in [1.165, 1.54) is 0 Å². The van der Waals surface area contributed by atoms with Crippen LogP contribution in [0, 0.1) is 0 Å². The van der Waals surface area contributed by atoms with E-state index in [4.69, 9.17) is 14.9 Å². The average molecular weight is 370 g/mol. The molecule has 5 heteroatoms. The molecule has 0 atom stereocenters. The van der Waals surface area contributed by atoms with E-state index in [0.717, 1.165) is 33.5 Å². The topological polar surface area (TPSA) is 77.8 Å². The Morgan fingerprint density at radius 3 is 2.46 bits per heavy atom. The molecule has 1 amide bonds. The molecule has 0 unspecified atom stereocenters. The summed E-state index contributed by atoms with van der Waals surface area (Å²) in [6.45, 7) is -0.134. The van der Waals surface area contributed by atoms with Gasteiger partial charge in [-0.3, -0.25) is 9.79 Å². The van der Waals surface area contributed by atoms with Crippen molar-refractivity contribution in [3.63, 3.8) is 0 Å². The van der Waals surface area contributed by atoms with Crippen LogP contribution in [0.2, 0.25) is 0 Å². The predicted octanol–water partition coefficient (Wildman–Crippen LogP) is 4.71. The Hall–Kier alpha value is -3.86. The molecule has 4 rings (SSSR count). The Morgan fingerprint density at radius 1 is 1.00 bits per heavy atom. The number of rotatable bonds is 6. The van der Waals surface area contributed by atoms with E-state index in [-0.39, 0.29) is 6.61 Å². The van der Waals surface area contributed by atoms with Gasteiger partial charge in [0.15, 0.2) is 6.61 Å². The third-order valence-corrected chi connectivity index (χ3v) is 4.20. The summed E-state index contributed by atoms with van der Waals surface area (Å²) >= 11 is 0. The first-order chi connectivity index (χ1) is 13.7. The maximum atomic E-state index is 10.7. The summed E-state index contributed by atoms with van der Waals surface area (Å²) < 4.78 is 11.1. The molecule has 4 aromatic rings. The number of carbonyl (C=O) groups is 1. The molecule has 1 aromatic heterocycles. The molecule has 0 aliphatic carbocycles. The molecule has 2 N–H and O–H groups in total. The van der Waals surface area contributed by atoms with Crippen molar-refractivity contribution >= 4 is 28.8 Å². The molecule has 0 aliphatic heterocycles. The van der Waals surface area contributed by atoms with Crippen molar-refractivity contribution in [1.29, 1.82) is 0 Å². The summed E-state index contributed by atoms with van der Waals surface area (Å²) in [6.07, 6.45) is 1.77. The van der Waals surface area contributed by atoms with E-state index < -0.39 is 5.91 Å². The smallest absolute Gasteiger partial charge is 0.255 e. The lowest BCUT2D eigenvalue weighted by Gasteiger charge is -2.03. The van der Waals surface area contributed by atoms with Crippen molar-refractivity contribution < 1.29 is 13.9 Å². The minimum absolute atomic E-state index is 0.134. The zero-order valence-corrected chi connectivity index (χ0v) is 15.0. The average Bonchev–Trinajstić information content (AvgIpc) is 3.16. The largest absolute Gasteiger partial charge is 0.484 e. The van der Waals surface area contributed by atoms with Gasteiger partial charge in [-0.2, -0.15) is 0 Å². The molecular formula is C23H18N2O3. The van der Waals surface area contributed by atoms with Crippen LogP contribution in [0.25, 0.3) is 22.3 Å². The highest BCUT2D eigenvalue weighted by molar-refractivity contribution is 5.84. The summed E-state index contributed by atoms with van der Waals surface area (Å²) in [5.74, 6) is 0.922. The normalized spacial score (nSPS) is 11.1. The maximum Gasteiger partial charge on any atom is 0.255 e. The van der Waals surface area contributed by atoms with Crippen LogP contribution < -0.4 is 10.5 Å². The van der Waals surface area contributed by atoms with Crippen molar-refractivity contribution in [2.24, 2.45) is 10.7 Å². The van der Waals surface area contributed by atoms with Gasteiger partial charge in [-0.05, 0) is 66.2 Å². The molecule has 0 saturated carbocycles. The van der Waals surface area contributed by atoms with E-state index >= 15 is 0 Å². The van der Waals surface area contributed by atoms with E-state index in [1.807, 2.05) is 66.7 Å². The molecule has 5 nitrogen and oxygen atoms in total. The van der Waals surface area contributed by atoms with Crippen LogP contribution in [-0.2, 0) is 4.79 Å². The lowest BCUT2D eigenvalue weighted by atomic mass is 10.1. The first kappa shape index (κ1) is 17.5. The van der Waals surface area contributed by atoms with E-state index in [1.54, 1.807) is 18.3 Å². The number of nitrogens with two attached hydrogens (primary N) is 1. The van der Waals surface area contributed by atoms with Crippen molar-refractivity contribution in [2.45, 2.75) is 0 Å². The third-order valence-electron chi connectivity index (χ3n) is 4.20. The van der Waals surface area contributed by atoms with Crippen molar-refractivity contribution in [1.82, 2.24) is 0 Å². The second-order valence-corrected chi connectivity index (χ2v) is 6.28. The third kappa shape index (κ3) is 4.10. The summed E-state index contributed by atoms with van der Waals surface area (Å²) in [6, 6.07) is 25.1. The van der Waals surface area contributed by atoms with Crippen LogP contribution >= 0.6 is 0 Å². The van der Waals surface area contributed by atoms with E-state index in [9.17, 15) is 4.79 Å². The number of ether oxygens (including phenoxy) is 1. The fourth-order valence-electron chi connectivity index (χ4n) is 2.79. The number of furan rings is 1.